The molecule has 0 aliphatic heterocycles. The normalized spacial score (nSPS) is 17.7. The average Bonchev–Trinajstić information content (AvgIpc) is 2.69. The van der Waals surface area contributed by atoms with Crippen LogP contribution in [0.4, 0.5) is 0 Å². The van der Waals surface area contributed by atoms with Gasteiger partial charge in [0.1, 0.15) is 0 Å². The zero-order valence-corrected chi connectivity index (χ0v) is 6.26. The van der Waals surface area contributed by atoms with E-state index in [-0.39, 0.29) is 5.91 Å². The molecular formula is C8H13NO. The molecule has 0 atom stereocenters. The third-order valence-electron chi connectivity index (χ3n) is 1.58. The van der Waals surface area contributed by atoms with Crippen molar-refractivity contribution in [1.82, 2.24) is 5.32 Å². The Hall–Kier alpha value is -0.790. The number of carbonyl (C=O) groups is 1. The zero-order chi connectivity index (χ0) is 7.40. The summed E-state index contributed by atoms with van der Waals surface area (Å²) in [6, 6.07) is 0. The number of allylic oxidation sites excluding steroid dienone is 1. The molecule has 2 nitrogen and oxygen atoms in total. The number of hydrogen-bond donors (Lipinski definition) is 1. The van der Waals surface area contributed by atoms with E-state index in [4.69, 9.17) is 0 Å². The highest BCUT2D eigenvalue weighted by atomic mass is 16.2. The maximum atomic E-state index is 10.9. The molecule has 0 bridgehead atoms. The Balaban J connectivity index is 2.06. The van der Waals surface area contributed by atoms with Crippen molar-refractivity contribution in [3.05, 3.63) is 12.2 Å². The fourth-order valence-corrected chi connectivity index (χ4v) is 0.767. The van der Waals surface area contributed by atoms with Crippen molar-refractivity contribution in [3.63, 3.8) is 0 Å². The number of rotatable bonds is 3. The summed E-state index contributed by atoms with van der Waals surface area (Å²) < 4.78 is 0. The van der Waals surface area contributed by atoms with Crippen LogP contribution in [0.25, 0.3) is 0 Å². The monoisotopic (exact) mass is 139 g/mol. The van der Waals surface area contributed by atoms with Crippen molar-refractivity contribution in [2.75, 3.05) is 6.54 Å². The molecule has 0 aromatic heterocycles. The van der Waals surface area contributed by atoms with Gasteiger partial charge in [-0.25, -0.2) is 0 Å². The molecule has 2 heteroatoms. The molecule has 10 heavy (non-hydrogen) atoms. The lowest BCUT2D eigenvalue weighted by atomic mass is 10.4. The van der Waals surface area contributed by atoms with Gasteiger partial charge < -0.3 is 5.32 Å². The molecule has 1 aliphatic carbocycles. The van der Waals surface area contributed by atoms with E-state index < -0.39 is 0 Å². The van der Waals surface area contributed by atoms with Crippen LogP contribution in [0.2, 0.25) is 0 Å². The molecule has 56 valence electrons. The molecule has 1 amide bonds. The van der Waals surface area contributed by atoms with Gasteiger partial charge >= 0.3 is 0 Å². The molecule has 1 rings (SSSR count). The van der Waals surface area contributed by atoms with Crippen molar-refractivity contribution in [3.8, 4) is 0 Å². The van der Waals surface area contributed by atoms with E-state index in [0.717, 1.165) is 12.8 Å². The van der Waals surface area contributed by atoms with Crippen molar-refractivity contribution in [2.24, 2.45) is 5.92 Å². The zero-order valence-electron chi connectivity index (χ0n) is 6.26. The third-order valence-corrected chi connectivity index (χ3v) is 1.58. The summed E-state index contributed by atoms with van der Waals surface area (Å²) in [5.41, 5.74) is 0. The van der Waals surface area contributed by atoms with Gasteiger partial charge in [0.25, 0.3) is 0 Å². The topological polar surface area (TPSA) is 29.1 Å². The van der Waals surface area contributed by atoms with E-state index >= 15 is 0 Å². The number of amides is 1. The molecule has 0 unspecified atom stereocenters. The van der Waals surface area contributed by atoms with Crippen LogP contribution < -0.4 is 5.32 Å². The van der Waals surface area contributed by atoms with Gasteiger partial charge in [-0.15, -0.1) is 0 Å². The van der Waals surface area contributed by atoms with Gasteiger partial charge in [0.15, 0.2) is 0 Å². The summed E-state index contributed by atoms with van der Waals surface area (Å²) in [5.74, 6) is 0.559. The molecule has 0 heterocycles. The van der Waals surface area contributed by atoms with Crippen LogP contribution in [0.5, 0.6) is 0 Å². The molecule has 0 aromatic rings. The van der Waals surface area contributed by atoms with Crippen LogP contribution in [0.3, 0.4) is 0 Å². The van der Waals surface area contributed by atoms with E-state index in [0.29, 0.717) is 12.5 Å². The lowest BCUT2D eigenvalue weighted by Gasteiger charge is -1.97. The van der Waals surface area contributed by atoms with Gasteiger partial charge in [-0.1, -0.05) is 12.2 Å². The van der Waals surface area contributed by atoms with Crippen LogP contribution in [0, 0.1) is 5.92 Å². The highest BCUT2D eigenvalue weighted by Crippen LogP contribution is 2.28. The minimum Gasteiger partial charge on any atom is -0.352 e. The molecule has 1 N–H and O–H groups in total. The largest absolute Gasteiger partial charge is 0.352 e. The molecule has 0 aromatic carbocycles. The molecule has 1 saturated carbocycles. The lowest BCUT2D eigenvalue weighted by Crippen LogP contribution is -2.24. The first-order valence-corrected chi connectivity index (χ1v) is 3.73. The van der Waals surface area contributed by atoms with Gasteiger partial charge in [0, 0.05) is 12.5 Å². The summed E-state index contributed by atoms with van der Waals surface area (Å²) >= 11 is 0. The Morgan fingerprint density at radius 3 is 2.90 bits per heavy atom. The van der Waals surface area contributed by atoms with Crippen molar-refractivity contribution in [2.45, 2.75) is 19.8 Å². The first kappa shape index (κ1) is 7.32. The Morgan fingerprint density at radius 1 is 1.70 bits per heavy atom. The predicted octanol–water partition coefficient (Wildman–Crippen LogP) is 1.09. The number of hydrogen-bond acceptors (Lipinski definition) is 1. The Morgan fingerprint density at radius 2 is 2.40 bits per heavy atom. The van der Waals surface area contributed by atoms with E-state index in [2.05, 4.69) is 5.32 Å². The first-order valence-electron chi connectivity index (χ1n) is 3.73. The summed E-state index contributed by atoms with van der Waals surface area (Å²) in [7, 11) is 0. The summed E-state index contributed by atoms with van der Waals surface area (Å²) in [4.78, 5) is 10.9. The van der Waals surface area contributed by atoms with Crippen LogP contribution >= 0.6 is 0 Å². The van der Waals surface area contributed by atoms with E-state index in [1.165, 1.54) is 0 Å². The third kappa shape index (κ3) is 2.21. The average molecular weight is 139 g/mol. The van der Waals surface area contributed by atoms with Crippen LogP contribution in [0.1, 0.15) is 19.8 Å². The highest BCUT2D eigenvalue weighted by molar-refractivity contribution is 5.80. The fraction of sp³-hybridized carbons (Fsp3) is 0.625. The van der Waals surface area contributed by atoms with Gasteiger partial charge in [0.2, 0.25) is 5.91 Å². The molecule has 0 radical (unpaired) electrons. The second-order valence-corrected chi connectivity index (χ2v) is 2.59. The lowest BCUT2D eigenvalue weighted by molar-refractivity contribution is -0.122. The smallest absolute Gasteiger partial charge is 0.223 e. The maximum Gasteiger partial charge on any atom is 0.223 e. The number of nitrogens with one attached hydrogen (secondary N) is 1. The minimum absolute atomic E-state index is 0.220. The van der Waals surface area contributed by atoms with E-state index in [1.54, 1.807) is 0 Å². The predicted molar refractivity (Wildman–Crippen MR) is 40.5 cm³/mol. The van der Waals surface area contributed by atoms with Crippen molar-refractivity contribution < 1.29 is 4.79 Å². The highest BCUT2D eigenvalue weighted by Gasteiger charge is 2.28. The van der Waals surface area contributed by atoms with Crippen molar-refractivity contribution >= 4 is 5.91 Å². The first-order chi connectivity index (χ1) is 4.84. The summed E-state index contributed by atoms with van der Waals surface area (Å²) in [6.07, 6.45) is 6.05. The van der Waals surface area contributed by atoms with Crippen LogP contribution in [0.15, 0.2) is 12.2 Å². The van der Waals surface area contributed by atoms with Crippen LogP contribution in [-0.4, -0.2) is 12.5 Å². The molecule has 0 spiro atoms. The van der Waals surface area contributed by atoms with Gasteiger partial charge in [0.05, 0.1) is 0 Å². The quantitative estimate of drug-likeness (QED) is 0.582. The number of carbonyl (C=O) groups excluding carboxylic acids is 1. The Kier molecular flexibility index (Phi) is 2.49. The maximum absolute atomic E-state index is 10.9. The SMILES string of the molecule is C/C=C/CNC(=O)C1CC1. The van der Waals surface area contributed by atoms with Crippen molar-refractivity contribution in [1.29, 1.82) is 0 Å². The van der Waals surface area contributed by atoms with Gasteiger partial charge in [-0.05, 0) is 19.8 Å². The Labute approximate surface area is 61.3 Å². The van der Waals surface area contributed by atoms with Crippen LogP contribution in [-0.2, 0) is 4.79 Å². The standard InChI is InChI=1S/C8H13NO/c1-2-3-6-9-8(10)7-4-5-7/h2-3,7H,4-6H2,1H3,(H,9,10)/b3-2+. The summed E-state index contributed by atoms with van der Waals surface area (Å²) in [6.45, 7) is 2.63. The molecule has 1 fully saturated rings. The Bertz CT molecular complexity index is 147. The van der Waals surface area contributed by atoms with E-state index in [9.17, 15) is 4.79 Å². The second kappa shape index (κ2) is 3.40. The van der Waals surface area contributed by atoms with E-state index in [1.807, 2.05) is 19.1 Å². The van der Waals surface area contributed by atoms with Gasteiger partial charge in [-0.2, -0.15) is 0 Å². The molecule has 0 saturated heterocycles. The van der Waals surface area contributed by atoms with Gasteiger partial charge in [-0.3, -0.25) is 4.79 Å². The second-order valence-electron chi connectivity index (χ2n) is 2.59. The fourth-order valence-electron chi connectivity index (χ4n) is 0.767. The minimum atomic E-state index is 0.220. The molecule has 1 aliphatic rings. The summed E-state index contributed by atoms with van der Waals surface area (Å²) in [5, 5.41) is 2.82. The molecular weight excluding hydrogens is 126 g/mol.